The number of halogens is 2. The Balaban J connectivity index is 2.51. The molecule has 17 heavy (non-hydrogen) atoms. The van der Waals surface area contributed by atoms with Crippen molar-refractivity contribution < 1.29 is 9.18 Å². The summed E-state index contributed by atoms with van der Waals surface area (Å²) in [6.07, 6.45) is 7.37. The van der Waals surface area contributed by atoms with Crippen LogP contribution in [0.5, 0.6) is 0 Å². The smallest absolute Gasteiger partial charge is 0.255 e. The van der Waals surface area contributed by atoms with E-state index < -0.39 is 11.7 Å². The van der Waals surface area contributed by atoms with E-state index in [9.17, 15) is 9.18 Å². The molecule has 0 atom stereocenters. The summed E-state index contributed by atoms with van der Waals surface area (Å²) in [5, 5.41) is 2.72. The van der Waals surface area contributed by atoms with Crippen molar-refractivity contribution in [3.05, 3.63) is 34.6 Å². The zero-order valence-electron chi connectivity index (χ0n) is 9.30. The van der Waals surface area contributed by atoms with Gasteiger partial charge in [0, 0.05) is 13.0 Å². The molecule has 1 aromatic carbocycles. The van der Waals surface area contributed by atoms with E-state index in [4.69, 9.17) is 18.0 Å². The van der Waals surface area contributed by atoms with Crippen molar-refractivity contribution in [3.8, 4) is 12.3 Å². The first kappa shape index (κ1) is 13.5. The van der Waals surface area contributed by atoms with Gasteiger partial charge in [0.1, 0.15) is 5.82 Å². The molecule has 0 saturated carbocycles. The largest absolute Gasteiger partial charge is 0.352 e. The first-order valence-corrected chi connectivity index (χ1v) is 5.70. The Labute approximate surface area is 105 Å². The molecule has 0 aliphatic heterocycles. The average Bonchev–Trinajstić information content (AvgIpc) is 2.28. The molecule has 0 heterocycles. The first-order chi connectivity index (χ1) is 8.16. The lowest BCUT2D eigenvalue weighted by Gasteiger charge is -2.07. The van der Waals surface area contributed by atoms with Gasteiger partial charge in [-0.05, 0) is 25.0 Å². The zero-order valence-corrected chi connectivity index (χ0v) is 10.1. The summed E-state index contributed by atoms with van der Waals surface area (Å²) < 4.78 is 13.4. The molecule has 0 saturated heterocycles. The van der Waals surface area contributed by atoms with E-state index in [2.05, 4.69) is 11.2 Å². The molecular formula is C13H13ClFNO. The molecule has 1 N–H and O–H groups in total. The fourth-order valence-electron chi connectivity index (χ4n) is 1.36. The molecule has 0 unspecified atom stereocenters. The van der Waals surface area contributed by atoms with Gasteiger partial charge in [0.15, 0.2) is 0 Å². The molecule has 0 bridgehead atoms. The van der Waals surface area contributed by atoms with Crippen LogP contribution in [-0.4, -0.2) is 12.5 Å². The Bertz CT molecular complexity index is 419. The first-order valence-electron chi connectivity index (χ1n) is 5.32. The molecule has 0 aliphatic carbocycles. The van der Waals surface area contributed by atoms with Gasteiger partial charge in [-0.3, -0.25) is 4.79 Å². The third kappa shape index (κ3) is 4.08. The summed E-state index contributed by atoms with van der Waals surface area (Å²) in [4.78, 5) is 11.6. The van der Waals surface area contributed by atoms with Crippen LogP contribution in [0.25, 0.3) is 0 Å². The van der Waals surface area contributed by atoms with Crippen molar-refractivity contribution in [2.45, 2.75) is 19.3 Å². The van der Waals surface area contributed by atoms with Crippen LogP contribution in [0.2, 0.25) is 5.02 Å². The Morgan fingerprint density at radius 3 is 2.88 bits per heavy atom. The fourth-order valence-corrected chi connectivity index (χ4v) is 1.61. The Hall–Kier alpha value is -1.53. The van der Waals surface area contributed by atoms with E-state index in [-0.39, 0.29) is 10.6 Å². The number of rotatable bonds is 5. The normalized spacial score (nSPS) is 9.71. The molecule has 1 amide bonds. The fraction of sp³-hybridized carbons (Fsp3) is 0.308. The van der Waals surface area contributed by atoms with Gasteiger partial charge in [-0.1, -0.05) is 17.7 Å². The predicted octanol–water partition coefficient (Wildman–Crippen LogP) is 3.01. The number of nitrogens with one attached hydrogen (secondary N) is 1. The predicted molar refractivity (Wildman–Crippen MR) is 66.4 cm³/mol. The van der Waals surface area contributed by atoms with Gasteiger partial charge in [0.25, 0.3) is 5.91 Å². The number of terminal acetylenes is 1. The number of unbranched alkanes of at least 4 members (excludes halogenated alkanes) is 2. The lowest BCUT2D eigenvalue weighted by molar-refractivity contribution is 0.0949. The van der Waals surface area contributed by atoms with Crippen molar-refractivity contribution in [1.82, 2.24) is 5.32 Å². The monoisotopic (exact) mass is 253 g/mol. The van der Waals surface area contributed by atoms with Gasteiger partial charge in [0.05, 0.1) is 10.6 Å². The third-order valence-corrected chi connectivity index (χ3v) is 2.54. The summed E-state index contributed by atoms with van der Waals surface area (Å²) in [6, 6.07) is 4.15. The topological polar surface area (TPSA) is 29.1 Å². The molecule has 2 nitrogen and oxygen atoms in total. The van der Waals surface area contributed by atoms with Crippen LogP contribution in [-0.2, 0) is 0 Å². The highest BCUT2D eigenvalue weighted by Crippen LogP contribution is 2.18. The SMILES string of the molecule is C#CCCCCNC(=O)c1c(F)cccc1Cl. The van der Waals surface area contributed by atoms with Gasteiger partial charge in [-0.2, -0.15) is 0 Å². The van der Waals surface area contributed by atoms with Crippen molar-refractivity contribution >= 4 is 17.5 Å². The number of benzene rings is 1. The Morgan fingerprint density at radius 2 is 2.24 bits per heavy atom. The summed E-state index contributed by atoms with van der Waals surface area (Å²) in [5.74, 6) is 1.41. The van der Waals surface area contributed by atoms with E-state index in [0.717, 1.165) is 12.8 Å². The standard InChI is InChI=1S/C13H13ClFNO/c1-2-3-4-5-9-16-13(17)12-10(14)7-6-8-11(12)15/h1,6-8H,3-5,9H2,(H,16,17). The maximum Gasteiger partial charge on any atom is 0.255 e. The van der Waals surface area contributed by atoms with Crippen molar-refractivity contribution in [1.29, 1.82) is 0 Å². The molecule has 0 spiro atoms. The summed E-state index contributed by atoms with van der Waals surface area (Å²) in [5.41, 5.74) is -0.105. The molecule has 1 rings (SSSR count). The molecule has 4 heteroatoms. The quantitative estimate of drug-likeness (QED) is 0.634. The van der Waals surface area contributed by atoms with Crippen LogP contribution in [0.15, 0.2) is 18.2 Å². The second kappa shape index (κ2) is 6.93. The van der Waals surface area contributed by atoms with Crippen LogP contribution in [0.4, 0.5) is 4.39 Å². The van der Waals surface area contributed by atoms with Gasteiger partial charge in [-0.15, -0.1) is 12.3 Å². The van der Waals surface area contributed by atoms with Crippen LogP contribution in [0, 0.1) is 18.2 Å². The van der Waals surface area contributed by atoms with Crippen LogP contribution < -0.4 is 5.32 Å². The molecular weight excluding hydrogens is 241 g/mol. The second-order valence-electron chi connectivity index (χ2n) is 3.51. The average molecular weight is 254 g/mol. The highest BCUT2D eigenvalue weighted by atomic mass is 35.5. The molecule has 0 radical (unpaired) electrons. The van der Waals surface area contributed by atoms with E-state index >= 15 is 0 Å². The Kier molecular flexibility index (Phi) is 5.51. The number of carbonyl (C=O) groups excluding carboxylic acids is 1. The highest BCUT2D eigenvalue weighted by molar-refractivity contribution is 6.33. The maximum absolute atomic E-state index is 13.4. The highest BCUT2D eigenvalue weighted by Gasteiger charge is 2.14. The minimum absolute atomic E-state index is 0.105. The zero-order chi connectivity index (χ0) is 12.7. The molecule has 0 fully saturated rings. The molecule has 0 aromatic heterocycles. The summed E-state index contributed by atoms with van der Waals surface area (Å²) >= 11 is 5.76. The summed E-state index contributed by atoms with van der Waals surface area (Å²) in [6.45, 7) is 0.463. The van der Waals surface area contributed by atoms with Crippen molar-refractivity contribution in [2.24, 2.45) is 0 Å². The van der Waals surface area contributed by atoms with Crippen LogP contribution in [0.3, 0.4) is 0 Å². The minimum atomic E-state index is -0.612. The number of carbonyl (C=O) groups is 1. The second-order valence-corrected chi connectivity index (χ2v) is 3.92. The van der Waals surface area contributed by atoms with E-state index in [1.54, 1.807) is 0 Å². The minimum Gasteiger partial charge on any atom is -0.352 e. The van der Waals surface area contributed by atoms with Gasteiger partial charge in [-0.25, -0.2) is 4.39 Å². The number of amides is 1. The maximum atomic E-state index is 13.4. The Morgan fingerprint density at radius 1 is 1.47 bits per heavy atom. The van der Waals surface area contributed by atoms with E-state index in [1.807, 2.05) is 0 Å². The molecule has 90 valence electrons. The molecule has 0 aliphatic rings. The van der Waals surface area contributed by atoms with E-state index in [0.29, 0.717) is 13.0 Å². The van der Waals surface area contributed by atoms with Crippen LogP contribution in [0.1, 0.15) is 29.6 Å². The lowest BCUT2D eigenvalue weighted by atomic mass is 10.2. The van der Waals surface area contributed by atoms with Gasteiger partial charge >= 0.3 is 0 Å². The third-order valence-electron chi connectivity index (χ3n) is 2.22. The van der Waals surface area contributed by atoms with E-state index in [1.165, 1.54) is 18.2 Å². The number of hydrogen-bond acceptors (Lipinski definition) is 1. The number of hydrogen-bond donors (Lipinski definition) is 1. The van der Waals surface area contributed by atoms with Crippen LogP contribution >= 0.6 is 11.6 Å². The van der Waals surface area contributed by atoms with Gasteiger partial charge in [0.2, 0.25) is 0 Å². The summed E-state index contributed by atoms with van der Waals surface area (Å²) in [7, 11) is 0. The molecule has 1 aromatic rings. The van der Waals surface area contributed by atoms with Crippen molar-refractivity contribution in [2.75, 3.05) is 6.54 Å². The van der Waals surface area contributed by atoms with Gasteiger partial charge < -0.3 is 5.32 Å². The van der Waals surface area contributed by atoms with Crippen molar-refractivity contribution in [3.63, 3.8) is 0 Å². The lowest BCUT2D eigenvalue weighted by Crippen LogP contribution is -2.25.